The monoisotopic (exact) mass is 290 g/mol. The Kier molecular flexibility index (Phi) is 3.61. The summed E-state index contributed by atoms with van der Waals surface area (Å²) in [7, 11) is 0. The standard InChI is InChI=1S/C15H17NO3S/c17-14(16-8-11-2-1-7-20-11)12-9-3-5-10(6-4-9)13(12)15(18)19/h1-3,5,7,9-10,12-13H,4,6,8H2,(H,16,17)(H,18,19)/p-1/t9-,10+,12-,13+/m1/s1. The van der Waals surface area contributed by atoms with Gasteiger partial charge in [-0.15, -0.1) is 11.3 Å². The minimum Gasteiger partial charge on any atom is -0.550 e. The third kappa shape index (κ3) is 2.38. The highest BCUT2D eigenvalue weighted by Gasteiger charge is 2.44. The fraction of sp³-hybridized carbons (Fsp3) is 0.467. The lowest BCUT2D eigenvalue weighted by Gasteiger charge is -2.44. The van der Waals surface area contributed by atoms with Gasteiger partial charge in [-0.1, -0.05) is 18.2 Å². The molecule has 20 heavy (non-hydrogen) atoms. The van der Waals surface area contributed by atoms with E-state index in [1.165, 1.54) is 0 Å². The number of fused-ring (bicyclic) bond motifs is 2. The number of allylic oxidation sites excluding steroid dienone is 2. The van der Waals surface area contributed by atoms with E-state index in [9.17, 15) is 14.7 Å². The molecular weight excluding hydrogens is 274 g/mol. The van der Waals surface area contributed by atoms with Crippen LogP contribution in [0.3, 0.4) is 0 Å². The molecule has 1 saturated carbocycles. The summed E-state index contributed by atoms with van der Waals surface area (Å²) in [4.78, 5) is 24.8. The van der Waals surface area contributed by atoms with E-state index in [-0.39, 0.29) is 17.7 Å². The Bertz CT molecular complexity index is 537. The molecule has 1 heterocycles. The second-order valence-electron chi connectivity index (χ2n) is 5.46. The molecule has 0 saturated heterocycles. The van der Waals surface area contributed by atoms with E-state index < -0.39 is 17.8 Å². The third-order valence-electron chi connectivity index (χ3n) is 4.34. The molecule has 3 aliphatic rings. The molecule has 0 aliphatic heterocycles. The van der Waals surface area contributed by atoms with E-state index in [1.807, 2.05) is 29.7 Å². The zero-order chi connectivity index (χ0) is 14.1. The molecule has 0 radical (unpaired) electrons. The first-order valence-electron chi connectivity index (χ1n) is 6.86. The van der Waals surface area contributed by atoms with Gasteiger partial charge >= 0.3 is 0 Å². The van der Waals surface area contributed by atoms with Gasteiger partial charge in [-0.25, -0.2) is 0 Å². The van der Waals surface area contributed by atoms with Crippen LogP contribution in [-0.2, 0) is 16.1 Å². The van der Waals surface area contributed by atoms with Crippen molar-refractivity contribution in [3.63, 3.8) is 0 Å². The normalized spacial score (nSPS) is 31.2. The Labute approximate surface area is 121 Å². The van der Waals surface area contributed by atoms with Gasteiger partial charge in [0.2, 0.25) is 5.91 Å². The summed E-state index contributed by atoms with van der Waals surface area (Å²) >= 11 is 1.58. The Morgan fingerprint density at radius 3 is 2.50 bits per heavy atom. The number of hydrogen-bond donors (Lipinski definition) is 1. The van der Waals surface area contributed by atoms with Gasteiger partial charge in [-0.3, -0.25) is 4.79 Å². The summed E-state index contributed by atoms with van der Waals surface area (Å²) in [6.07, 6.45) is 5.68. The molecule has 3 aliphatic carbocycles. The van der Waals surface area contributed by atoms with Crippen molar-refractivity contribution in [2.24, 2.45) is 23.7 Å². The molecule has 106 valence electrons. The van der Waals surface area contributed by atoms with E-state index in [0.29, 0.717) is 6.54 Å². The second-order valence-corrected chi connectivity index (χ2v) is 6.49. The predicted octanol–water partition coefficient (Wildman–Crippen LogP) is 0.943. The van der Waals surface area contributed by atoms with Crippen LogP contribution in [0.4, 0.5) is 0 Å². The van der Waals surface area contributed by atoms with Crippen LogP contribution in [0.2, 0.25) is 0 Å². The van der Waals surface area contributed by atoms with Crippen molar-refractivity contribution in [2.75, 3.05) is 0 Å². The lowest BCUT2D eigenvalue weighted by molar-refractivity contribution is -0.316. The predicted molar refractivity (Wildman–Crippen MR) is 73.5 cm³/mol. The molecule has 0 spiro atoms. The number of carbonyl (C=O) groups excluding carboxylic acids is 2. The molecule has 1 amide bonds. The van der Waals surface area contributed by atoms with Gasteiger partial charge < -0.3 is 15.2 Å². The van der Waals surface area contributed by atoms with Crippen molar-refractivity contribution < 1.29 is 14.7 Å². The highest BCUT2D eigenvalue weighted by atomic mass is 32.1. The fourth-order valence-corrected chi connectivity index (χ4v) is 4.02. The molecule has 2 bridgehead atoms. The number of aliphatic carboxylic acids is 1. The van der Waals surface area contributed by atoms with Gasteiger partial charge in [-0.05, 0) is 36.1 Å². The number of amides is 1. The molecule has 4 rings (SSSR count). The van der Waals surface area contributed by atoms with Crippen molar-refractivity contribution >= 4 is 23.2 Å². The Balaban J connectivity index is 1.72. The molecule has 0 unspecified atom stereocenters. The van der Waals surface area contributed by atoms with E-state index in [0.717, 1.165) is 17.7 Å². The van der Waals surface area contributed by atoms with Crippen LogP contribution < -0.4 is 10.4 Å². The molecule has 1 N–H and O–H groups in total. The molecule has 1 fully saturated rings. The van der Waals surface area contributed by atoms with Gasteiger partial charge in [-0.2, -0.15) is 0 Å². The van der Waals surface area contributed by atoms with Gasteiger partial charge in [0.15, 0.2) is 0 Å². The minimum absolute atomic E-state index is 0.0336. The molecule has 5 heteroatoms. The van der Waals surface area contributed by atoms with Crippen LogP contribution in [0.5, 0.6) is 0 Å². The highest BCUT2D eigenvalue weighted by Crippen LogP contribution is 2.44. The third-order valence-corrected chi connectivity index (χ3v) is 5.22. The van der Waals surface area contributed by atoms with Gasteiger partial charge in [0.05, 0.1) is 12.5 Å². The summed E-state index contributed by atoms with van der Waals surface area (Å²) in [6, 6.07) is 3.88. The van der Waals surface area contributed by atoms with Crippen molar-refractivity contribution in [1.82, 2.24) is 5.32 Å². The van der Waals surface area contributed by atoms with Crippen LogP contribution in [0, 0.1) is 23.7 Å². The van der Waals surface area contributed by atoms with E-state index in [2.05, 4.69) is 5.32 Å². The van der Waals surface area contributed by atoms with E-state index in [1.54, 1.807) is 11.3 Å². The van der Waals surface area contributed by atoms with Crippen LogP contribution in [0.15, 0.2) is 29.7 Å². The number of hydrogen-bond acceptors (Lipinski definition) is 4. The number of thiophene rings is 1. The van der Waals surface area contributed by atoms with Crippen LogP contribution >= 0.6 is 11.3 Å². The maximum Gasteiger partial charge on any atom is 0.224 e. The zero-order valence-corrected chi connectivity index (χ0v) is 11.8. The Morgan fingerprint density at radius 2 is 1.95 bits per heavy atom. The average Bonchev–Trinajstić information content (AvgIpc) is 2.98. The van der Waals surface area contributed by atoms with Crippen molar-refractivity contribution in [1.29, 1.82) is 0 Å². The van der Waals surface area contributed by atoms with E-state index >= 15 is 0 Å². The number of carboxylic acids is 1. The summed E-state index contributed by atoms with van der Waals surface area (Å²) in [5.41, 5.74) is 0. The lowest BCUT2D eigenvalue weighted by atomic mass is 9.62. The van der Waals surface area contributed by atoms with Crippen molar-refractivity contribution in [3.8, 4) is 0 Å². The largest absolute Gasteiger partial charge is 0.550 e. The summed E-state index contributed by atoms with van der Waals surface area (Å²) in [5, 5.41) is 16.2. The lowest BCUT2D eigenvalue weighted by Crippen LogP contribution is -2.52. The Morgan fingerprint density at radius 1 is 1.25 bits per heavy atom. The number of nitrogens with one attached hydrogen (secondary N) is 1. The SMILES string of the molecule is O=C([O-])[C@@H]1[C@H](C(=O)NCc2cccs2)[C@@H]2C=C[C@H]1CC2. The summed E-state index contributed by atoms with van der Waals surface area (Å²) < 4.78 is 0. The first-order valence-corrected chi connectivity index (χ1v) is 7.74. The quantitative estimate of drug-likeness (QED) is 0.839. The summed E-state index contributed by atoms with van der Waals surface area (Å²) in [5.74, 6) is -2.44. The van der Waals surface area contributed by atoms with Gasteiger partial charge in [0.25, 0.3) is 0 Å². The van der Waals surface area contributed by atoms with Crippen LogP contribution in [-0.4, -0.2) is 11.9 Å². The van der Waals surface area contributed by atoms with Crippen molar-refractivity contribution in [2.45, 2.75) is 19.4 Å². The van der Waals surface area contributed by atoms with Crippen molar-refractivity contribution in [3.05, 3.63) is 34.5 Å². The Hall–Kier alpha value is -1.62. The number of carbonyl (C=O) groups is 2. The van der Waals surface area contributed by atoms with Gasteiger partial charge in [0, 0.05) is 16.8 Å². The van der Waals surface area contributed by atoms with Crippen LogP contribution in [0.25, 0.3) is 0 Å². The zero-order valence-electron chi connectivity index (χ0n) is 11.0. The summed E-state index contributed by atoms with van der Waals surface area (Å²) in [6.45, 7) is 0.466. The van der Waals surface area contributed by atoms with Gasteiger partial charge in [0.1, 0.15) is 0 Å². The molecule has 1 aromatic rings. The fourth-order valence-electron chi connectivity index (χ4n) is 3.38. The first-order chi connectivity index (χ1) is 9.66. The maximum absolute atomic E-state index is 12.4. The van der Waals surface area contributed by atoms with Crippen LogP contribution in [0.1, 0.15) is 17.7 Å². The average molecular weight is 290 g/mol. The molecule has 1 aromatic heterocycles. The number of carboxylic acid groups (broad SMARTS) is 1. The highest BCUT2D eigenvalue weighted by molar-refractivity contribution is 7.09. The molecule has 4 atom stereocenters. The molecular formula is C15H16NO3S-. The topological polar surface area (TPSA) is 69.2 Å². The molecule has 4 nitrogen and oxygen atoms in total. The molecule has 0 aromatic carbocycles. The van der Waals surface area contributed by atoms with E-state index in [4.69, 9.17) is 0 Å². The second kappa shape index (κ2) is 5.40. The first kappa shape index (κ1) is 13.4. The smallest absolute Gasteiger partial charge is 0.224 e. The minimum atomic E-state index is -1.10. The number of rotatable bonds is 4. The maximum atomic E-state index is 12.4.